The van der Waals surface area contributed by atoms with Gasteiger partial charge in [0, 0.05) is 5.02 Å². The van der Waals surface area contributed by atoms with Crippen molar-refractivity contribution in [1.82, 2.24) is 15.0 Å². The summed E-state index contributed by atoms with van der Waals surface area (Å²) in [5.74, 6) is 4.91. The Kier molecular flexibility index (Phi) is 4.49. The molecule has 0 unspecified atom stereocenters. The lowest BCUT2D eigenvalue weighted by Gasteiger charge is -2.09. The molecular formula is C11H12ClFN6O. The van der Waals surface area contributed by atoms with Crippen LogP contribution in [0.15, 0.2) is 18.2 Å². The molecule has 0 atom stereocenters. The van der Waals surface area contributed by atoms with E-state index in [2.05, 4.69) is 25.7 Å². The number of ether oxygens (including phenoxy) is 1. The van der Waals surface area contributed by atoms with Crippen LogP contribution in [0.1, 0.15) is 6.92 Å². The molecule has 2 aromatic rings. The molecule has 4 N–H and O–H groups in total. The highest BCUT2D eigenvalue weighted by Crippen LogP contribution is 2.22. The SMILES string of the molecule is CCOc1nc(NN)nc(Nc2ccc(Cl)cc2F)n1. The molecule has 0 aliphatic heterocycles. The van der Waals surface area contributed by atoms with Gasteiger partial charge in [-0.05, 0) is 25.1 Å². The molecule has 0 amide bonds. The third kappa shape index (κ3) is 3.43. The highest BCUT2D eigenvalue weighted by Gasteiger charge is 2.09. The number of nitrogens with one attached hydrogen (secondary N) is 2. The van der Waals surface area contributed by atoms with Crippen LogP contribution in [0, 0.1) is 5.82 Å². The van der Waals surface area contributed by atoms with Crippen molar-refractivity contribution in [2.45, 2.75) is 6.92 Å². The number of nitrogen functional groups attached to an aromatic ring is 1. The Morgan fingerprint density at radius 3 is 2.70 bits per heavy atom. The normalized spacial score (nSPS) is 10.2. The van der Waals surface area contributed by atoms with Crippen LogP contribution in [-0.2, 0) is 0 Å². The molecule has 0 saturated heterocycles. The Labute approximate surface area is 119 Å². The summed E-state index contributed by atoms with van der Waals surface area (Å²) in [6, 6.07) is 4.26. The monoisotopic (exact) mass is 298 g/mol. The molecule has 0 aliphatic carbocycles. The van der Waals surface area contributed by atoms with Gasteiger partial charge in [-0.15, -0.1) is 0 Å². The summed E-state index contributed by atoms with van der Waals surface area (Å²) in [7, 11) is 0. The van der Waals surface area contributed by atoms with E-state index in [1.54, 1.807) is 13.0 Å². The molecule has 1 heterocycles. The lowest BCUT2D eigenvalue weighted by Crippen LogP contribution is -2.13. The van der Waals surface area contributed by atoms with E-state index in [-0.39, 0.29) is 23.6 Å². The molecule has 0 fully saturated rings. The van der Waals surface area contributed by atoms with E-state index in [9.17, 15) is 4.39 Å². The maximum Gasteiger partial charge on any atom is 0.323 e. The van der Waals surface area contributed by atoms with Gasteiger partial charge in [-0.25, -0.2) is 10.2 Å². The fourth-order valence-corrected chi connectivity index (χ4v) is 1.54. The second-order valence-corrected chi connectivity index (χ2v) is 4.03. The summed E-state index contributed by atoms with van der Waals surface area (Å²) < 4.78 is 18.8. The standard InChI is InChI=1S/C11H12ClFN6O/c1-2-20-11-17-9(16-10(18-11)19-14)15-8-4-3-6(12)5-7(8)13/h3-5H,2,14H2,1H3,(H2,15,16,17,18,19). The van der Waals surface area contributed by atoms with Crippen LogP contribution in [-0.4, -0.2) is 21.6 Å². The topological polar surface area (TPSA) is 98.0 Å². The summed E-state index contributed by atoms with van der Waals surface area (Å²) in [4.78, 5) is 11.8. The van der Waals surface area contributed by atoms with Crippen molar-refractivity contribution in [1.29, 1.82) is 0 Å². The molecule has 0 aliphatic rings. The van der Waals surface area contributed by atoms with Gasteiger partial charge < -0.3 is 10.1 Å². The van der Waals surface area contributed by atoms with E-state index >= 15 is 0 Å². The summed E-state index contributed by atoms with van der Waals surface area (Å²) in [5.41, 5.74) is 2.45. The number of nitrogens with zero attached hydrogens (tertiary/aromatic N) is 3. The molecule has 0 bridgehead atoms. The number of halogens is 2. The molecule has 9 heteroatoms. The fraction of sp³-hybridized carbons (Fsp3) is 0.182. The molecule has 20 heavy (non-hydrogen) atoms. The average molecular weight is 299 g/mol. The first-order valence-corrected chi connectivity index (χ1v) is 6.07. The first-order valence-electron chi connectivity index (χ1n) is 5.70. The minimum atomic E-state index is -0.530. The Hall–Kier alpha value is -2.19. The number of hydrogen-bond acceptors (Lipinski definition) is 7. The summed E-state index contributed by atoms with van der Waals surface area (Å²) in [6.45, 7) is 2.16. The third-order valence-corrected chi connectivity index (χ3v) is 2.43. The number of anilines is 3. The van der Waals surface area contributed by atoms with Gasteiger partial charge in [-0.3, -0.25) is 5.43 Å². The number of nitrogens with two attached hydrogens (primary N) is 1. The van der Waals surface area contributed by atoms with E-state index < -0.39 is 5.82 Å². The third-order valence-electron chi connectivity index (χ3n) is 2.20. The van der Waals surface area contributed by atoms with Gasteiger partial charge in [0.1, 0.15) is 5.82 Å². The highest BCUT2D eigenvalue weighted by molar-refractivity contribution is 6.30. The van der Waals surface area contributed by atoms with Crippen LogP contribution in [0.25, 0.3) is 0 Å². The fourth-order valence-electron chi connectivity index (χ4n) is 1.38. The zero-order chi connectivity index (χ0) is 14.5. The maximum atomic E-state index is 13.7. The van der Waals surface area contributed by atoms with Crippen molar-refractivity contribution in [3.63, 3.8) is 0 Å². The second-order valence-electron chi connectivity index (χ2n) is 3.59. The Morgan fingerprint density at radius 1 is 1.30 bits per heavy atom. The Morgan fingerprint density at radius 2 is 2.05 bits per heavy atom. The van der Waals surface area contributed by atoms with Crippen LogP contribution in [0.2, 0.25) is 5.02 Å². The lowest BCUT2D eigenvalue weighted by atomic mass is 10.3. The average Bonchev–Trinajstić information content (AvgIpc) is 2.42. The van der Waals surface area contributed by atoms with Crippen LogP contribution in [0.4, 0.5) is 22.0 Å². The minimum Gasteiger partial charge on any atom is -0.464 e. The number of rotatable bonds is 5. The van der Waals surface area contributed by atoms with E-state index in [0.717, 1.165) is 0 Å². The molecule has 0 spiro atoms. The highest BCUT2D eigenvalue weighted by atomic mass is 35.5. The Balaban J connectivity index is 2.29. The summed E-state index contributed by atoms with van der Waals surface area (Å²) in [6.07, 6.45) is 0. The van der Waals surface area contributed by atoms with Gasteiger partial charge in [-0.2, -0.15) is 15.0 Å². The first-order chi connectivity index (χ1) is 9.62. The first kappa shape index (κ1) is 14.2. The smallest absolute Gasteiger partial charge is 0.323 e. The minimum absolute atomic E-state index is 0.0762. The number of aromatic nitrogens is 3. The van der Waals surface area contributed by atoms with Gasteiger partial charge in [0.25, 0.3) is 0 Å². The predicted molar refractivity (Wildman–Crippen MR) is 73.5 cm³/mol. The zero-order valence-corrected chi connectivity index (χ0v) is 11.3. The lowest BCUT2D eigenvalue weighted by molar-refractivity contribution is 0.312. The van der Waals surface area contributed by atoms with Crippen LogP contribution in [0.3, 0.4) is 0 Å². The summed E-state index contributed by atoms with van der Waals surface area (Å²) in [5, 5.41) is 3.00. The number of benzene rings is 1. The molecular weight excluding hydrogens is 287 g/mol. The largest absolute Gasteiger partial charge is 0.464 e. The second kappa shape index (κ2) is 6.31. The predicted octanol–water partition coefficient (Wildman–Crippen LogP) is 2.09. The van der Waals surface area contributed by atoms with Crippen molar-refractivity contribution < 1.29 is 9.13 Å². The van der Waals surface area contributed by atoms with E-state index in [1.807, 2.05) is 0 Å². The molecule has 7 nitrogen and oxygen atoms in total. The van der Waals surface area contributed by atoms with Crippen molar-refractivity contribution in [2.75, 3.05) is 17.3 Å². The molecule has 1 aromatic carbocycles. The van der Waals surface area contributed by atoms with E-state index in [0.29, 0.717) is 11.6 Å². The van der Waals surface area contributed by atoms with Gasteiger partial charge in [0.15, 0.2) is 0 Å². The van der Waals surface area contributed by atoms with E-state index in [4.69, 9.17) is 22.2 Å². The Bertz CT molecular complexity index is 611. The van der Waals surface area contributed by atoms with Crippen LogP contribution >= 0.6 is 11.6 Å². The zero-order valence-electron chi connectivity index (χ0n) is 10.5. The van der Waals surface area contributed by atoms with Gasteiger partial charge in [0.2, 0.25) is 11.9 Å². The molecule has 2 rings (SSSR count). The number of hydrazine groups is 1. The van der Waals surface area contributed by atoms with Crippen molar-refractivity contribution in [3.05, 3.63) is 29.0 Å². The van der Waals surface area contributed by atoms with Gasteiger partial charge in [0.05, 0.1) is 12.3 Å². The number of hydrogen-bond donors (Lipinski definition) is 3. The molecule has 1 aromatic heterocycles. The van der Waals surface area contributed by atoms with Gasteiger partial charge in [-0.1, -0.05) is 11.6 Å². The van der Waals surface area contributed by atoms with Crippen LogP contribution < -0.4 is 21.3 Å². The van der Waals surface area contributed by atoms with Crippen molar-refractivity contribution in [2.24, 2.45) is 5.84 Å². The molecule has 0 saturated carbocycles. The maximum absolute atomic E-state index is 13.7. The molecule has 106 valence electrons. The molecule has 0 radical (unpaired) electrons. The van der Waals surface area contributed by atoms with E-state index in [1.165, 1.54) is 12.1 Å². The van der Waals surface area contributed by atoms with Gasteiger partial charge >= 0.3 is 6.01 Å². The quantitative estimate of drug-likeness (QED) is 0.574. The summed E-state index contributed by atoms with van der Waals surface area (Å²) >= 11 is 5.68. The van der Waals surface area contributed by atoms with Crippen molar-refractivity contribution in [3.8, 4) is 6.01 Å². The van der Waals surface area contributed by atoms with Crippen molar-refractivity contribution >= 4 is 29.2 Å². The van der Waals surface area contributed by atoms with Crippen LogP contribution in [0.5, 0.6) is 6.01 Å².